The van der Waals surface area contributed by atoms with Crippen molar-refractivity contribution < 1.29 is 9.36 Å². The molecular formula is C33H29N4O+. The number of Topliss-reactive ketones (excluding diaryl/α,β-unsaturated/α-hetero) is 1. The molecule has 5 heteroatoms. The molecule has 5 nitrogen and oxygen atoms in total. The van der Waals surface area contributed by atoms with Crippen LogP contribution in [0.15, 0.2) is 103 Å². The van der Waals surface area contributed by atoms with Crippen molar-refractivity contribution in [3.05, 3.63) is 125 Å². The molecule has 0 aliphatic heterocycles. The van der Waals surface area contributed by atoms with Gasteiger partial charge in [-0.2, -0.15) is 0 Å². The maximum Gasteiger partial charge on any atom is 0.243 e. The first-order valence-corrected chi connectivity index (χ1v) is 12.7. The number of aromatic nitrogens is 2. The third-order valence-corrected chi connectivity index (χ3v) is 7.28. The highest BCUT2D eigenvalue weighted by atomic mass is 16.1. The van der Waals surface area contributed by atoms with Gasteiger partial charge in [0.05, 0.1) is 5.92 Å². The largest absolute Gasteiger partial charge is 0.401 e. The highest BCUT2D eigenvalue weighted by molar-refractivity contribution is 6.08. The minimum atomic E-state index is -0.569. The predicted octanol–water partition coefficient (Wildman–Crippen LogP) is 5.83. The number of ketones is 1. The Hall–Kier alpha value is -4.77. The zero-order valence-corrected chi connectivity index (χ0v) is 21.7. The van der Waals surface area contributed by atoms with Crippen molar-refractivity contribution in [1.82, 2.24) is 4.98 Å². The molecule has 1 heterocycles. The number of hydrogen-bond acceptors (Lipinski definition) is 4. The van der Waals surface area contributed by atoms with Crippen LogP contribution in [-0.4, -0.2) is 24.9 Å². The van der Waals surface area contributed by atoms with Crippen LogP contribution >= 0.6 is 0 Å². The summed E-state index contributed by atoms with van der Waals surface area (Å²) in [5, 5.41) is 0. The van der Waals surface area contributed by atoms with E-state index < -0.39 is 5.92 Å². The smallest absolute Gasteiger partial charge is 0.243 e. The van der Waals surface area contributed by atoms with Gasteiger partial charge in [0, 0.05) is 54.8 Å². The van der Waals surface area contributed by atoms with E-state index in [1.807, 2.05) is 86.9 Å². The van der Waals surface area contributed by atoms with Crippen molar-refractivity contribution in [2.24, 2.45) is 5.73 Å². The predicted molar refractivity (Wildman–Crippen MR) is 153 cm³/mol. The molecule has 0 spiro atoms. The normalized spacial score (nSPS) is 14.8. The van der Waals surface area contributed by atoms with Gasteiger partial charge in [-0.25, -0.2) is 4.98 Å². The van der Waals surface area contributed by atoms with Crippen LogP contribution in [0.1, 0.15) is 33.2 Å². The van der Waals surface area contributed by atoms with Crippen LogP contribution < -0.4 is 15.2 Å². The zero-order chi connectivity index (χ0) is 26.4. The van der Waals surface area contributed by atoms with Gasteiger partial charge < -0.3 is 10.6 Å². The van der Waals surface area contributed by atoms with Gasteiger partial charge in [-0.15, -0.1) is 4.57 Å². The van der Waals surface area contributed by atoms with Gasteiger partial charge in [-0.05, 0) is 24.1 Å². The fourth-order valence-corrected chi connectivity index (χ4v) is 5.50. The fourth-order valence-electron chi connectivity index (χ4n) is 5.50. The molecule has 1 unspecified atom stereocenters. The molecule has 38 heavy (non-hydrogen) atoms. The number of carbonyl (C=O) groups is 1. The summed E-state index contributed by atoms with van der Waals surface area (Å²) in [5.74, 6) is -0.661. The number of allylic oxidation sites excluding steroid dienone is 1. The van der Waals surface area contributed by atoms with Crippen molar-refractivity contribution in [2.75, 3.05) is 19.0 Å². The van der Waals surface area contributed by atoms with Crippen LogP contribution in [0.4, 0.5) is 5.69 Å². The van der Waals surface area contributed by atoms with Gasteiger partial charge in [-0.3, -0.25) is 4.79 Å². The molecule has 5 aromatic rings. The Morgan fingerprint density at radius 2 is 1.47 bits per heavy atom. The molecule has 186 valence electrons. The van der Waals surface area contributed by atoms with E-state index in [4.69, 9.17) is 10.7 Å². The Morgan fingerprint density at radius 1 is 0.868 bits per heavy atom. The first-order chi connectivity index (χ1) is 18.5. The topological polar surface area (TPSA) is 63.1 Å². The lowest BCUT2D eigenvalue weighted by atomic mass is 9.85. The lowest BCUT2D eigenvalue weighted by Gasteiger charge is -2.23. The highest BCUT2D eigenvalue weighted by Gasteiger charge is 2.39. The number of benzene rings is 4. The standard InChI is InChI=1S/C33H28N4O/c1-21-27(36(2)3)19-25(22-13-7-4-8-14-22)30-32(21)37(24-17-11-6-12-18-24)28-20-26(34)29(33(38)31(28)35-30)23-15-9-5-10-16-23/h4-20,29,34H,1-3H3/p+1. The van der Waals surface area contributed by atoms with Crippen LogP contribution in [0.5, 0.6) is 0 Å². The van der Waals surface area contributed by atoms with Crippen LogP contribution in [-0.2, 0) is 0 Å². The molecule has 1 aliphatic rings. The Labute approximate surface area is 222 Å². The number of fused-ring (bicyclic) bond motifs is 2. The summed E-state index contributed by atoms with van der Waals surface area (Å²) in [6, 6.07) is 32.2. The van der Waals surface area contributed by atoms with Crippen LogP contribution in [0.25, 0.3) is 33.9 Å². The molecule has 0 bridgehead atoms. The maximum absolute atomic E-state index is 14.2. The summed E-state index contributed by atoms with van der Waals surface area (Å²) in [7, 11) is 4.10. The quantitative estimate of drug-likeness (QED) is 0.317. The fraction of sp³-hybridized carbons (Fsp3) is 0.121. The molecular weight excluding hydrogens is 468 g/mol. The zero-order valence-electron chi connectivity index (χ0n) is 21.7. The Balaban J connectivity index is 1.77. The second-order valence-corrected chi connectivity index (χ2v) is 9.89. The van der Waals surface area contributed by atoms with Crippen molar-refractivity contribution in [1.29, 1.82) is 0 Å². The monoisotopic (exact) mass is 497 g/mol. The van der Waals surface area contributed by atoms with Gasteiger partial charge in [0.25, 0.3) is 0 Å². The first-order valence-electron chi connectivity index (χ1n) is 12.7. The Kier molecular flexibility index (Phi) is 5.76. The van der Waals surface area contributed by atoms with E-state index in [9.17, 15) is 4.79 Å². The van der Waals surface area contributed by atoms with Crippen molar-refractivity contribution in [2.45, 2.75) is 12.8 Å². The molecule has 1 aliphatic carbocycles. The van der Waals surface area contributed by atoms with E-state index in [0.717, 1.165) is 44.7 Å². The van der Waals surface area contributed by atoms with Gasteiger partial charge in [0.2, 0.25) is 22.7 Å². The molecule has 1 atom stereocenters. The molecule has 6 rings (SSSR count). The lowest BCUT2D eigenvalue weighted by molar-refractivity contribution is -0.570. The lowest BCUT2D eigenvalue weighted by Crippen LogP contribution is -2.41. The molecule has 0 amide bonds. The first kappa shape index (κ1) is 23.6. The van der Waals surface area contributed by atoms with E-state index >= 15 is 0 Å². The number of para-hydroxylation sites is 1. The number of nitrogens with zero attached hydrogens (tertiary/aromatic N) is 3. The van der Waals surface area contributed by atoms with E-state index in [0.29, 0.717) is 17.1 Å². The molecule has 0 radical (unpaired) electrons. The SMILES string of the molecule is Cc1c(N(C)C)cc(-c2ccccc2)c2nc3c([n+](-c4ccccc4)c12)C=C(N)C(c1ccccc1)C3=O. The van der Waals surface area contributed by atoms with Crippen LogP contribution in [0, 0.1) is 6.92 Å². The number of rotatable bonds is 4. The van der Waals surface area contributed by atoms with Crippen LogP contribution in [0.3, 0.4) is 0 Å². The number of nitrogens with two attached hydrogens (primary N) is 1. The van der Waals surface area contributed by atoms with Gasteiger partial charge in [0.1, 0.15) is 5.52 Å². The van der Waals surface area contributed by atoms with E-state index in [1.165, 1.54) is 0 Å². The van der Waals surface area contributed by atoms with Gasteiger partial charge in [-0.1, -0.05) is 78.9 Å². The van der Waals surface area contributed by atoms with Crippen LogP contribution in [0.2, 0.25) is 0 Å². The van der Waals surface area contributed by atoms with Gasteiger partial charge in [0.15, 0.2) is 5.69 Å². The number of hydrogen-bond donors (Lipinski definition) is 1. The molecule has 4 aromatic carbocycles. The Morgan fingerprint density at radius 3 is 2.11 bits per heavy atom. The van der Waals surface area contributed by atoms with E-state index in [1.54, 1.807) is 0 Å². The minimum Gasteiger partial charge on any atom is -0.401 e. The molecule has 0 saturated heterocycles. The maximum atomic E-state index is 14.2. The molecule has 0 fully saturated rings. The molecule has 2 N–H and O–H groups in total. The summed E-state index contributed by atoms with van der Waals surface area (Å²) in [4.78, 5) is 21.4. The summed E-state index contributed by atoms with van der Waals surface area (Å²) in [6.07, 6.45) is 1.93. The summed E-state index contributed by atoms with van der Waals surface area (Å²) >= 11 is 0. The third-order valence-electron chi connectivity index (χ3n) is 7.28. The average Bonchev–Trinajstić information content (AvgIpc) is 2.94. The average molecular weight is 498 g/mol. The number of aryl methyl sites for hydroxylation is 1. The molecule has 1 aromatic heterocycles. The second-order valence-electron chi connectivity index (χ2n) is 9.89. The Bertz CT molecular complexity index is 1710. The van der Waals surface area contributed by atoms with E-state index in [-0.39, 0.29) is 5.78 Å². The minimum absolute atomic E-state index is 0.0915. The third kappa shape index (κ3) is 3.75. The summed E-state index contributed by atoms with van der Waals surface area (Å²) < 4.78 is 2.15. The van der Waals surface area contributed by atoms with E-state index in [2.05, 4.69) is 46.7 Å². The number of anilines is 1. The molecule has 0 saturated carbocycles. The number of carbonyl (C=O) groups excluding carboxylic acids is 1. The van der Waals surface area contributed by atoms with Crippen molar-refractivity contribution >= 4 is 28.6 Å². The highest BCUT2D eigenvalue weighted by Crippen LogP contribution is 2.38. The van der Waals surface area contributed by atoms with Crippen molar-refractivity contribution in [3.8, 4) is 16.8 Å². The van der Waals surface area contributed by atoms with Gasteiger partial charge >= 0.3 is 0 Å². The second kappa shape index (κ2) is 9.27. The van der Waals surface area contributed by atoms with Crippen molar-refractivity contribution in [3.63, 3.8) is 0 Å². The summed E-state index contributed by atoms with van der Waals surface area (Å²) in [5.41, 5.74) is 16.0. The summed E-state index contributed by atoms with van der Waals surface area (Å²) in [6.45, 7) is 2.12.